The molecule has 0 aliphatic carbocycles. The molecule has 0 aliphatic rings. The highest BCUT2D eigenvalue weighted by atomic mass is 79.9. The summed E-state index contributed by atoms with van der Waals surface area (Å²) in [7, 11) is -1.20. The molecule has 0 bridgehead atoms. The number of carbonyl (C=O) groups excluding carboxylic acids is 1. The predicted molar refractivity (Wildman–Crippen MR) is 99.1 cm³/mol. The Balaban J connectivity index is 2.64. The lowest BCUT2D eigenvalue weighted by Crippen LogP contribution is -2.34. The van der Waals surface area contributed by atoms with Gasteiger partial charge in [-0.3, -0.25) is 9.10 Å². The SMILES string of the molecule is COc1ccc(OC)c(N(CC(=O)Cl)S(=O)(=O)c2ccc(Br)cc2)c1. The second-order valence-corrected chi connectivity index (χ2v) is 8.06. The van der Waals surface area contributed by atoms with Crippen molar-refractivity contribution in [1.82, 2.24) is 0 Å². The van der Waals surface area contributed by atoms with Gasteiger partial charge < -0.3 is 9.47 Å². The normalized spacial score (nSPS) is 11.0. The van der Waals surface area contributed by atoms with Crippen molar-refractivity contribution in [3.05, 3.63) is 46.9 Å². The van der Waals surface area contributed by atoms with Crippen molar-refractivity contribution in [3.63, 3.8) is 0 Å². The smallest absolute Gasteiger partial charge is 0.264 e. The molecule has 0 heterocycles. The van der Waals surface area contributed by atoms with Crippen LogP contribution in [0.25, 0.3) is 0 Å². The molecule has 6 nitrogen and oxygen atoms in total. The standard InChI is InChI=1S/C16H15BrClNO5S/c1-23-12-5-8-15(24-2)14(9-12)19(10-16(18)20)25(21,22)13-6-3-11(17)4-7-13/h3-9H,10H2,1-2H3. The molecule has 0 aromatic heterocycles. The van der Waals surface area contributed by atoms with E-state index in [-0.39, 0.29) is 16.3 Å². The van der Waals surface area contributed by atoms with Gasteiger partial charge in [0.15, 0.2) is 0 Å². The molecule has 0 amide bonds. The minimum absolute atomic E-state index is 0.0125. The van der Waals surface area contributed by atoms with Crippen LogP contribution in [0.5, 0.6) is 11.5 Å². The number of carbonyl (C=O) groups is 1. The van der Waals surface area contributed by atoms with Gasteiger partial charge in [-0.05, 0) is 48.0 Å². The number of hydrogen-bond donors (Lipinski definition) is 0. The molecule has 0 aliphatic heterocycles. The van der Waals surface area contributed by atoms with Crippen LogP contribution in [0.2, 0.25) is 0 Å². The lowest BCUT2D eigenvalue weighted by Gasteiger charge is -2.25. The Morgan fingerprint density at radius 2 is 1.76 bits per heavy atom. The Bertz CT molecular complexity index is 871. The zero-order valence-electron chi connectivity index (χ0n) is 13.4. The summed E-state index contributed by atoms with van der Waals surface area (Å²) in [5, 5.41) is -0.828. The Kier molecular flexibility index (Phi) is 6.31. The van der Waals surface area contributed by atoms with Crippen LogP contribution < -0.4 is 13.8 Å². The maximum absolute atomic E-state index is 13.1. The number of benzene rings is 2. The van der Waals surface area contributed by atoms with E-state index in [9.17, 15) is 13.2 Å². The van der Waals surface area contributed by atoms with Crippen LogP contribution in [0.1, 0.15) is 0 Å². The minimum atomic E-state index is -4.05. The first kappa shape index (κ1) is 19.6. The van der Waals surface area contributed by atoms with Crippen molar-refractivity contribution in [2.45, 2.75) is 4.90 Å². The number of halogens is 2. The van der Waals surface area contributed by atoms with Crippen LogP contribution in [-0.2, 0) is 14.8 Å². The summed E-state index contributed by atoms with van der Waals surface area (Å²) in [5.41, 5.74) is 0.152. The summed E-state index contributed by atoms with van der Waals surface area (Å²) in [6, 6.07) is 10.7. The zero-order valence-corrected chi connectivity index (χ0v) is 16.6. The van der Waals surface area contributed by atoms with Gasteiger partial charge in [0.25, 0.3) is 10.0 Å². The van der Waals surface area contributed by atoms with E-state index in [1.807, 2.05) is 0 Å². The van der Waals surface area contributed by atoms with Crippen molar-refractivity contribution in [2.75, 3.05) is 25.1 Å². The third kappa shape index (κ3) is 4.45. The summed E-state index contributed by atoms with van der Waals surface area (Å²) < 4.78 is 38.1. The van der Waals surface area contributed by atoms with Gasteiger partial charge in [-0.1, -0.05) is 15.9 Å². The van der Waals surface area contributed by atoms with Gasteiger partial charge >= 0.3 is 0 Å². The average Bonchev–Trinajstić information content (AvgIpc) is 2.59. The zero-order chi connectivity index (χ0) is 18.6. The molecular weight excluding hydrogens is 434 g/mol. The molecule has 0 saturated carbocycles. The van der Waals surface area contributed by atoms with E-state index in [0.29, 0.717) is 5.75 Å². The first-order valence-electron chi connectivity index (χ1n) is 6.98. The molecule has 0 radical (unpaired) electrons. The Morgan fingerprint density at radius 3 is 2.28 bits per heavy atom. The molecule has 0 N–H and O–H groups in total. The number of anilines is 1. The second-order valence-electron chi connectivity index (χ2n) is 4.86. The second kappa shape index (κ2) is 8.07. The molecule has 0 saturated heterocycles. The highest BCUT2D eigenvalue weighted by Crippen LogP contribution is 2.35. The lowest BCUT2D eigenvalue weighted by molar-refractivity contribution is -0.110. The third-order valence-corrected chi connectivity index (χ3v) is 5.75. The van der Waals surface area contributed by atoms with E-state index in [2.05, 4.69) is 15.9 Å². The van der Waals surface area contributed by atoms with E-state index < -0.39 is 21.8 Å². The van der Waals surface area contributed by atoms with Gasteiger partial charge in [-0.15, -0.1) is 0 Å². The van der Waals surface area contributed by atoms with Crippen molar-refractivity contribution >= 4 is 48.5 Å². The topological polar surface area (TPSA) is 72.9 Å². The fourth-order valence-electron chi connectivity index (χ4n) is 2.14. The maximum atomic E-state index is 13.1. The maximum Gasteiger partial charge on any atom is 0.264 e. The molecule has 134 valence electrons. The molecule has 0 spiro atoms. The van der Waals surface area contributed by atoms with Crippen molar-refractivity contribution < 1.29 is 22.7 Å². The number of nitrogens with zero attached hydrogens (tertiary/aromatic N) is 1. The van der Waals surface area contributed by atoms with Gasteiger partial charge in [-0.2, -0.15) is 0 Å². The lowest BCUT2D eigenvalue weighted by atomic mass is 10.2. The van der Waals surface area contributed by atoms with Crippen LogP contribution >= 0.6 is 27.5 Å². The highest BCUT2D eigenvalue weighted by Gasteiger charge is 2.29. The largest absolute Gasteiger partial charge is 0.497 e. The first-order valence-corrected chi connectivity index (χ1v) is 9.59. The van der Waals surface area contributed by atoms with E-state index >= 15 is 0 Å². The summed E-state index contributed by atoms with van der Waals surface area (Å²) in [5.74, 6) is 0.674. The van der Waals surface area contributed by atoms with Gasteiger partial charge in [0.1, 0.15) is 18.0 Å². The number of methoxy groups -OCH3 is 2. The monoisotopic (exact) mass is 447 g/mol. The van der Waals surface area contributed by atoms with Crippen LogP contribution in [0.4, 0.5) is 5.69 Å². The molecule has 9 heteroatoms. The number of rotatable bonds is 7. The highest BCUT2D eigenvalue weighted by molar-refractivity contribution is 9.10. The van der Waals surface area contributed by atoms with E-state index in [1.54, 1.807) is 24.3 Å². The Morgan fingerprint density at radius 1 is 1.12 bits per heavy atom. The summed E-state index contributed by atoms with van der Waals surface area (Å²) in [6.07, 6.45) is 0. The number of hydrogen-bond acceptors (Lipinski definition) is 5. The Labute approximate surface area is 159 Å². The molecule has 2 aromatic carbocycles. The quantitative estimate of drug-likeness (QED) is 0.607. The van der Waals surface area contributed by atoms with Crippen LogP contribution in [0.15, 0.2) is 51.8 Å². The van der Waals surface area contributed by atoms with Gasteiger partial charge in [0.05, 0.1) is 24.8 Å². The van der Waals surface area contributed by atoms with Crippen LogP contribution in [0, 0.1) is 0 Å². The molecule has 2 aromatic rings. The number of ether oxygens (including phenoxy) is 2. The van der Waals surface area contributed by atoms with E-state index in [0.717, 1.165) is 8.78 Å². The number of sulfonamides is 1. The van der Waals surface area contributed by atoms with Gasteiger partial charge in [0.2, 0.25) is 5.24 Å². The van der Waals surface area contributed by atoms with Crippen LogP contribution in [0.3, 0.4) is 0 Å². The van der Waals surface area contributed by atoms with E-state index in [1.165, 1.54) is 32.4 Å². The van der Waals surface area contributed by atoms with Crippen molar-refractivity contribution in [2.24, 2.45) is 0 Å². The molecule has 2 rings (SSSR count). The van der Waals surface area contributed by atoms with Gasteiger partial charge in [0, 0.05) is 10.5 Å². The summed E-state index contributed by atoms with van der Waals surface area (Å²) in [4.78, 5) is 11.5. The molecule has 0 atom stereocenters. The molecule has 0 unspecified atom stereocenters. The molecule has 25 heavy (non-hydrogen) atoms. The molecular formula is C16H15BrClNO5S. The predicted octanol–water partition coefficient (Wildman–Crippen LogP) is 3.43. The summed E-state index contributed by atoms with van der Waals surface area (Å²) >= 11 is 8.74. The van der Waals surface area contributed by atoms with Gasteiger partial charge in [-0.25, -0.2) is 8.42 Å². The average molecular weight is 449 g/mol. The Hall–Kier alpha value is -1.77. The first-order chi connectivity index (χ1) is 11.8. The fraction of sp³-hybridized carbons (Fsp3) is 0.188. The summed E-state index contributed by atoms with van der Waals surface area (Å²) in [6.45, 7) is -0.552. The minimum Gasteiger partial charge on any atom is -0.497 e. The fourth-order valence-corrected chi connectivity index (χ4v) is 4.02. The third-order valence-electron chi connectivity index (χ3n) is 3.32. The van der Waals surface area contributed by atoms with Crippen LogP contribution in [-0.4, -0.2) is 34.4 Å². The van der Waals surface area contributed by atoms with E-state index in [4.69, 9.17) is 21.1 Å². The molecule has 0 fully saturated rings. The van der Waals surface area contributed by atoms with Crippen molar-refractivity contribution in [3.8, 4) is 11.5 Å². The van der Waals surface area contributed by atoms with Crippen molar-refractivity contribution in [1.29, 1.82) is 0 Å².